The van der Waals surface area contributed by atoms with E-state index in [-0.39, 0.29) is 30.5 Å². The fourth-order valence-electron chi connectivity index (χ4n) is 3.09. The number of benzene rings is 2. The van der Waals surface area contributed by atoms with E-state index < -0.39 is 0 Å². The van der Waals surface area contributed by atoms with Gasteiger partial charge in [-0.1, -0.05) is 18.5 Å². The summed E-state index contributed by atoms with van der Waals surface area (Å²) in [5, 5.41) is 3.52. The van der Waals surface area contributed by atoms with Crippen molar-refractivity contribution in [2.45, 2.75) is 19.9 Å². The van der Waals surface area contributed by atoms with Crippen LogP contribution in [0.25, 0.3) is 10.9 Å². The predicted octanol–water partition coefficient (Wildman–Crippen LogP) is 2.75. The molecule has 0 unspecified atom stereocenters. The molecule has 3 aromatic rings. The molecule has 3 rings (SSSR count). The number of rotatable bonds is 8. The van der Waals surface area contributed by atoms with Gasteiger partial charge in [-0.2, -0.15) is 0 Å². The van der Waals surface area contributed by atoms with E-state index in [1.165, 1.54) is 0 Å². The first kappa shape index (κ1) is 22.3. The average molecular weight is 443 g/mol. The van der Waals surface area contributed by atoms with Crippen LogP contribution in [-0.4, -0.2) is 46.9 Å². The molecular formula is C22H23ClN4O4. The summed E-state index contributed by atoms with van der Waals surface area (Å²) in [5.74, 6) is 0.347. The lowest BCUT2D eigenvalue weighted by molar-refractivity contribution is -0.130. The second-order valence-corrected chi connectivity index (χ2v) is 7.34. The topological polar surface area (TPSA) is 104 Å². The van der Waals surface area contributed by atoms with Crippen molar-refractivity contribution < 1.29 is 14.3 Å². The zero-order chi connectivity index (χ0) is 22.4. The van der Waals surface area contributed by atoms with Crippen LogP contribution in [0.15, 0.2) is 47.3 Å². The molecule has 0 spiro atoms. The van der Waals surface area contributed by atoms with Crippen molar-refractivity contribution in [3.8, 4) is 5.75 Å². The largest absolute Gasteiger partial charge is 0.497 e. The van der Waals surface area contributed by atoms with Gasteiger partial charge in [0.05, 0.1) is 31.1 Å². The summed E-state index contributed by atoms with van der Waals surface area (Å²) in [4.78, 5) is 46.1. The number of carbonyl (C=O) groups is 2. The molecule has 31 heavy (non-hydrogen) atoms. The third-order valence-corrected chi connectivity index (χ3v) is 4.89. The Labute approximate surface area is 184 Å². The lowest BCUT2D eigenvalue weighted by atomic mass is 10.2. The Kier molecular flexibility index (Phi) is 7.25. The number of amides is 2. The third kappa shape index (κ3) is 5.61. The van der Waals surface area contributed by atoms with Gasteiger partial charge in [-0.25, -0.2) is 4.98 Å². The molecule has 0 aliphatic heterocycles. The summed E-state index contributed by atoms with van der Waals surface area (Å²) in [6, 6.07) is 11.4. The number of carbonyl (C=O) groups excluding carboxylic acids is 2. The summed E-state index contributed by atoms with van der Waals surface area (Å²) in [6.07, 6.45) is 0.710. The van der Waals surface area contributed by atoms with Crippen LogP contribution in [0.1, 0.15) is 29.5 Å². The van der Waals surface area contributed by atoms with E-state index in [2.05, 4.69) is 15.3 Å². The second kappa shape index (κ2) is 10.1. The first-order valence-electron chi connectivity index (χ1n) is 9.79. The maximum Gasteiger partial charge on any atom is 0.258 e. The van der Waals surface area contributed by atoms with Crippen LogP contribution in [0.5, 0.6) is 5.75 Å². The number of H-pyrrole nitrogens is 1. The second-order valence-electron chi connectivity index (χ2n) is 6.90. The van der Waals surface area contributed by atoms with Gasteiger partial charge in [0.1, 0.15) is 11.6 Å². The first-order chi connectivity index (χ1) is 14.9. The van der Waals surface area contributed by atoms with Gasteiger partial charge in [0.25, 0.3) is 11.5 Å². The Balaban J connectivity index is 1.69. The van der Waals surface area contributed by atoms with Crippen molar-refractivity contribution in [3.63, 3.8) is 0 Å². The van der Waals surface area contributed by atoms with Crippen molar-refractivity contribution in [2.75, 3.05) is 20.2 Å². The Morgan fingerprint density at radius 3 is 2.61 bits per heavy atom. The molecule has 0 radical (unpaired) electrons. The van der Waals surface area contributed by atoms with Crippen LogP contribution in [0.4, 0.5) is 0 Å². The number of aromatic nitrogens is 2. The van der Waals surface area contributed by atoms with Crippen molar-refractivity contribution in [1.82, 2.24) is 20.2 Å². The molecule has 1 heterocycles. The summed E-state index contributed by atoms with van der Waals surface area (Å²) < 4.78 is 5.07. The highest BCUT2D eigenvalue weighted by molar-refractivity contribution is 6.31. The Morgan fingerprint density at radius 1 is 1.19 bits per heavy atom. The lowest BCUT2D eigenvalue weighted by Gasteiger charge is -2.22. The van der Waals surface area contributed by atoms with Gasteiger partial charge >= 0.3 is 0 Å². The Bertz CT molecular complexity index is 1140. The van der Waals surface area contributed by atoms with Crippen molar-refractivity contribution in [1.29, 1.82) is 0 Å². The number of hydrogen-bond donors (Lipinski definition) is 2. The number of aromatic amines is 1. The number of nitrogens with zero attached hydrogens (tertiary/aromatic N) is 2. The predicted molar refractivity (Wildman–Crippen MR) is 118 cm³/mol. The van der Waals surface area contributed by atoms with E-state index in [1.54, 1.807) is 54.5 Å². The molecule has 2 aromatic carbocycles. The number of halogens is 1. The van der Waals surface area contributed by atoms with Crippen LogP contribution < -0.4 is 15.6 Å². The van der Waals surface area contributed by atoms with E-state index in [0.717, 1.165) is 0 Å². The number of hydrogen-bond acceptors (Lipinski definition) is 5. The molecular weight excluding hydrogens is 420 g/mol. The molecule has 0 aliphatic carbocycles. The van der Waals surface area contributed by atoms with Crippen LogP contribution in [-0.2, 0) is 11.3 Å². The number of ether oxygens (including phenoxy) is 1. The van der Waals surface area contributed by atoms with E-state index in [1.807, 2.05) is 6.92 Å². The summed E-state index contributed by atoms with van der Waals surface area (Å²) >= 11 is 6.00. The van der Waals surface area contributed by atoms with Gasteiger partial charge in [-0.3, -0.25) is 14.4 Å². The third-order valence-electron chi connectivity index (χ3n) is 4.66. The number of nitrogens with one attached hydrogen (secondary N) is 2. The smallest absolute Gasteiger partial charge is 0.258 e. The standard InChI is InChI=1S/C22H23ClN4O4/c1-3-10-27(13-19-25-18-11-15(23)6-9-17(18)22(30)26-19)20(28)12-24-21(29)14-4-7-16(31-2)8-5-14/h4-9,11H,3,10,12-13H2,1-2H3,(H,24,29)(H,25,26,30). The number of methoxy groups -OCH3 is 1. The van der Waals surface area contributed by atoms with Gasteiger partial charge in [0.15, 0.2) is 0 Å². The average Bonchev–Trinajstić information content (AvgIpc) is 2.76. The van der Waals surface area contributed by atoms with Crippen LogP contribution >= 0.6 is 11.6 Å². The molecule has 8 nitrogen and oxygen atoms in total. The minimum absolute atomic E-state index is 0.114. The van der Waals surface area contributed by atoms with Crippen molar-refractivity contribution >= 4 is 34.3 Å². The fraction of sp³-hybridized carbons (Fsp3) is 0.273. The van der Waals surface area contributed by atoms with E-state index >= 15 is 0 Å². The monoisotopic (exact) mass is 442 g/mol. The summed E-state index contributed by atoms with van der Waals surface area (Å²) in [7, 11) is 1.54. The van der Waals surface area contributed by atoms with Gasteiger partial charge in [0, 0.05) is 17.1 Å². The maximum absolute atomic E-state index is 12.7. The molecule has 0 bridgehead atoms. The maximum atomic E-state index is 12.7. The van der Waals surface area contributed by atoms with E-state index in [0.29, 0.717) is 46.0 Å². The molecule has 0 fully saturated rings. The van der Waals surface area contributed by atoms with Crippen LogP contribution in [0, 0.1) is 0 Å². The zero-order valence-electron chi connectivity index (χ0n) is 17.3. The summed E-state index contributed by atoms with van der Waals surface area (Å²) in [5.41, 5.74) is 0.587. The quantitative estimate of drug-likeness (QED) is 0.558. The zero-order valence-corrected chi connectivity index (χ0v) is 18.0. The molecule has 1 aromatic heterocycles. The highest BCUT2D eigenvalue weighted by Crippen LogP contribution is 2.15. The molecule has 162 valence electrons. The Morgan fingerprint density at radius 2 is 1.94 bits per heavy atom. The highest BCUT2D eigenvalue weighted by Gasteiger charge is 2.17. The molecule has 2 N–H and O–H groups in total. The SMILES string of the molecule is CCCN(Cc1nc2cc(Cl)ccc2c(=O)[nH]1)C(=O)CNC(=O)c1ccc(OC)cc1. The van der Waals surface area contributed by atoms with Crippen LogP contribution in [0.2, 0.25) is 5.02 Å². The summed E-state index contributed by atoms with van der Waals surface area (Å²) in [6.45, 7) is 2.33. The first-order valence-corrected chi connectivity index (χ1v) is 10.2. The molecule has 0 atom stereocenters. The van der Waals surface area contributed by atoms with Crippen molar-refractivity contribution in [3.05, 3.63) is 69.2 Å². The van der Waals surface area contributed by atoms with Gasteiger partial charge in [0.2, 0.25) is 5.91 Å². The fourth-order valence-corrected chi connectivity index (χ4v) is 3.26. The molecule has 9 heteroatoms. The minimum Gasteiger partial charge on any atom is -0.497 e. The van der Waals surface area contributed by atoms with E-state index in [4.69, 9.17) is 16.3 Å². The normalized spacial score (nSPS) is 10.7. The molecule has 0 aliphatic rings. The highest BCUT2D eigenvalue weighted by atomic mass is 35.5. The van der Waals surface area contributed by atoms with Crippen LogP contribution in [0.3, 0.4) is 0 Å². The lowest BCUT2D eigenvalue weighted by Crippen LogP contribution is -2.40. The van der Waals surface area contributed by atoms with Gasteiger partial charge in [-0.15, -0.1) is 0 Å². The van der Waals surface area contributed by atoms with Gasteiger partial charge in [-0.05, 0) is 48.9 Å². The van der Waals surface area contributed by atoms with Gasteiger partial charge < -0.3 is 19.9 Å². The molecule has 0 saturated heterocycles. The minimum atomic E-state index is -0.362. The molecule has 0 saturated carbocycles. The molecule has 2 amide bonds. The Hall–Kier alpha value is -3.39. The van der Waals surface area contributed by atoms with Crippen molar-refractivity contribution in [2.24, 2.45) is 0 Å². The van der Waals surface area contributed by atoms with E-state index in [9.17, 15) is 14.4 Å². The number of fused-ring (bicyclic) bond motifs is 1.